The molecule has 0 fully saturated rings. The van der Waals surface area contributed by atoms with Crippen LogP contribution in [0.4, 0.5) is 5.69 Å². The lowest BCUT2D eigenvalue weighted by atomic mass is 10.2. The Labute approximate surface area is 122 Å². The predicted molar refractivity (Wildman–Crippen MR) is 77.6 cm³/mol. The zero-order chi connectivity index (χ0) is 15.7. The number of nitrogens with one attached hydrogen (secondary N) is 1. The van der Waals surface area contributed by atoms with Gasteiger partial charge in [-0.3, -0.25) is 14.9 Å². The number of hydrogen-bond donors (Lipinski definition) is 2. The molecule has 2 N–H and O–H groups in total. The van der Waals surface area contributed by atoms with Crippen molar-refractivity contribution in [3.63, 3.8) is 0 Å². The number of carbonyl (C=O) groups is 1. The topological polar surface area (TPSA) is 102 Å². The summed E-state index contributed by atoms with van der Waals surface area (Å²) in [4.78, 5) is 21.9. The zero-order valence-corrected chi connectivity index (χ0v) is 11.7. The SMILES string of the molecule is COCC(CCO)NC(=O)/C=C/c1cccc([N+](=O)[O-])c1. The van der Waals surface area contributed by atoms with Gasteiger partial charge in [-0.1, -0.05) is 12.1 Å². The molecule has 0 spiro atoms. The second kappa shape index (κ2) is 8.83. The number of benzene rings is 1. The third kappa shape index (κ3) is 6.15. The van der Waals surface area contributed by atoms with E-state index in [4.69, 9.17) is 9.84 Å². The van der Waals surface area contributed by atoms with Gasteiger partial charge in [0.2, 0.25) is 5.91 Å². The zero-order valence-electron chi connectivity index (χ0n) is 11.7. The van der Waals surface area contributed by atoms with Crippen LogP contribution in [0.3, 0.4) is 0 Å². The van der Waals surface area contributed by atoms with Gasteiger partial charge in [0.1, 0.15) is 0 Å². The van der Waals surface area contributed by atoms with Gasteiger partial charge in [0.15, 0.2) is 0 Å². The van der Waals surface area contributed by atoms with Crippen molar-refractivity contribution in [3.05, 3.63) is 46.0 Å². The van der Waals surface area contributed by atoms with E-state index in [-0.39, 0.29) is 24.2 Å². The van der Waals surface area contributed by atoms with Crippen LogP contribution in [0.2, 0.25) is 0 Å². The highest BCUT2D eigenvalue weighted by Gasteiger charge is 2.09. The van der Waals surface area contributed by atoms with Crippen LogP contribution in [0.25, 0.3) is 6.08 Å². The summed E-state index contributed by atoms with van der Waals surface area (Å²) >= 11 is 0. The summed E-state index contributed by atoms with van der Waals surface area (Å²) in [5, 5.41) is 22.2. The van der Waals surface area contributed by atoms with E-state index in [9.17, 15) is 14.9 Å². The van der Waals surface area contributed by atoms with Crippen LogP contribution in [-0.4, -0.2) is 42.3 Å². The van der Waals surface area contributed by atoms with Gasteiger partial charge in [-0.2, -0.15) is 0 Å². The molecular formula is C14H18N2O5. The van der Waals surface area contributed by atoms with Crippen molar-refractivity contribution < 1.29 is 19.6 Å². The van der Waals surface area contributed by atoms with Gasteiger partial charge in [-0.25, -0.2) is 0 Å². The second-order valence-corrected chi connectivity index (χ2v) is 4.36. The number of carbonyl (C=O) groups excluding carboxylic acids is 1. The molecule has 114 valence electrons. The maximum Gasteiger partial charge on any atom is 0.270 e. The fraction of sp³-hybridized carbons (Fsp3) is 0.357. The third-order valence-electron chi connectivity index (χ3n) is 2.70. The number of nitrogens with zero attached hydrogens (tertiary/aromatic N) is 1. The number of ether oxygens (including phenoxy) is 1. The predicted octanol–water partition coefficient (Wildman–Crippen LogP) is 1.12. The van der Waals surface area contributed by atoms with Crippen molar-refractivity contribution in [1.82, 2.24) is 5.32 Å². The largest absolute Gasteiger partial charge is 0.396 e. The molecule has 1 aromatic carbocycles. The molecule has 7 heteroatoms. The van der Waals surface area contributed by atoms with Crippen molar-refractivity contribution in [2.45, 2.75) is 12.5 Å². The first kappa shape index (κ1) is 16.8. The number of nitro groups is 1. The highest BCUT2D eigenvalue weighted by molar-refractivity contribution is 5.92. The van der Waals surface area contributed by atoms with E-state index in [1.807, 2.05) is 0 Å². The van der Waals surface area contributed by atoms with E-state index in [0.717, 1.165) is 0 Å². The number of aliphatic hydroxyl groups is 1. The Kier molecular flexibility index (Phi) is 7.06. The fourth-order valence-electron chi connectivity index (χ4n) is 1.72. The summed E-state index contributed by atoms with van der Waals surface area (Å²) in [6, 6.07) is 5.70. The van der Waals surface area contributed by atoms with Crippen LogP contribution in [0.1, 0.15) is 12.0 Å². The highest BCUT2D eigenvalue weighted by atomic mass is 16.6. The van der Waals surface area contributed by atoms with Gasteiger partial charge in [0.25, 0.3) is 5.69 Å². The number of methoxy groups -OCH3 is 1. The Hall–Kier alpha value is -2.25. The lowest BCUT2D eigenvalue weighted by Crippen LogP contribution is -2.37. The van der Waals surface area contributed by atoms with Crippen molar-refractivity contribution in [2.24, 2.45) is 0 Å². The van der Waals surface area contributed by atoms with E-state index < -0.39 is 4.92 Å². The van der Waals surface area contributed by atoms with Crippen molar-refractivity contribution >= 4 is 17.7 Å². The molecule has 21 heavy (non-hydrogen) atoms. The summed E-state index contributed by atoms with van der Waals surface area (Å²) in [5.74, 6) is -0.350. The fourth-order valence-corrected chi connectivity index (χ4v) is 1.72. The lowest BCUT2D eigenvalue weighted by molar-refractivity contribution is -0.384. The Morgan fingerprint density at radius 2 is 2.33 bits per heavy atom. The van der Waals surface area contributed by atoms with Crippen molar-refractivity contribution in [3.8, 4) is 0 Å². The molecule has 0 saturated heterocycles. The smallest absolute Gasteiger partial charge is 0.270 e. The number of hydrogen-bond acceptors (Lipinski definition) is 5. The Bertz CT molecular complexity index is 510. The molecule has 0 radical (unpaired) electrons. The standard InChI is InChI=1S/C14H18N2O5/c1-21-10-12(7-8-17)15-14(18)6-5-11-3-2-4-13(9-11)16(19)20/h2-6,9,12,17H,7-8,10H2,1H3,(H,15,18)/b6-5+. The Morgan fingerprint density at radius 1 is 1.57 bits per heavy atom. The van der Waals surface area contributed by atoms with E-state index in [0.29, 0.717) is 18.6 Å². The second-order valence-electron chi connectivity index (χ2n) is 4.36. The van der Waals surface area contributed by atoms with Crippen LogP contribution in [-0.2, 0) is 9.53 Å². The molecule has 0 bridgehead atoms. The third-order valence-corrected chi connectivity index (χ3v) is 2.70. The molecule has 1 aromatic rings. The highest BCUT2D eigenvalue weighted by Crippen LogP contribution is 2.13. The number of nitro benzene ring substituents is 1. The molecule has 0 saturated carbocycles. The van der Waals surface area contributed by atoms with Crippen molar-refractivity contribution in [1.29, 1.82) is 0 Å². The van der Waals surface area contributed by atoms with E-state index >= 15 is 0 Å². The quantitative estimate of drug-likeness (QED) is 0.425. The number of rotatable bonds is 8. The minimum Gasteiger partial charge on any atom is -0.396 e. The van der Waals surface area contributed by atoms with Gasteiger partial charge >= 0.3 is 0 Å². The first-order valence-corrected chi connectivity index (χ1v) is 6.39. The first-order valence-electron chi connectivity index (χ1n) is 6.39. The number of non-ortho nitro benzene ring substituents is 1. The molecule has 1 rings (SSSR count). The summed E-state index contributed by atoms with van der Waals surface area (Å²) in [6.45, 7) is 0.250. The molecular weight excluding hydrogens is 276 g/mol. The maximum absolute atomic E-state index is 11.7. The average Bonchev–Trinajstić information content (AvgIpc) is 2.46. The maximum atomic E-state index is 11.7. The number of amides is 1. The summed E-state index contributed by atoms with van der Waals surface area (Å²) in [7, 11) is 1.51. The van der Waals surface area contributed by atoms with Crippen LogP contribution >= 0.6 is 0 Å². The normalized spacial score (nSPS) is 12.3. The van der Waals surface area contributed by atoms with Gasteiger partial charge in [0.05, 0.1) is 17.6 Å². The molecule has 0 heterocycles. The minimum atomic E-state index is -0.493. The number of aliphatic hydroxyl groups excluding tert-OH is 1. The van der Waals surface area contributed by atoms with Crippen molar-refractivity contribution in [2.75, 3.05) is 20.3 Å². The molecule has 1 amide bonds. The van der Waals surface area contributed by atoms with Crippen LogP contribution in [0.5, 0.6) is 0 Å². The average molecular weight is 294 g/mol. The minimum absolute atomic E-state index is 0.0323. The molecule has 1 atom stereocenters. The van der Waals surface area contributed by atoms with Gasteiger partial charge < -0.3 is 15.2 Å². The Balaban J connectivity index is 2.64. The Morgan fingerprint density at radius 3 is 2.95 bits per heavy atom. The lowest BCUT2D eigenvalue weighted by Gasteiger charge is -2.15. The van der Waals surface area contributed by atoms with Crippen LogP contribution in [0, 0.1) is 10.1 Å². The summed E-state index contributed by atoms with van der Waals surface area (Å²) < 4.78 is 4.94. The first-order chi connectivity index (χ1) is 10.1. The van der Waals surface area contributed by atoms with Crippen LogP contribution in [0.15, 0.2) is 30.3 Å². The van der Waals surface area contributed by atoms with E-state index in [1.54, 1.807) is 12.1 Å². The molecule has 7 nitrogen and oxygen atoms in total. The van der Waals surface area contributed by atoms with Gasteiger partial charge in [0, 0.05) is 31.9 Å². The van der Waals surface area contributed by atoms with Gasteiger partial charge in [-0.05, 0) is 18.1 Å². The molecule has 0 aliphatic carbocycles. The molecule has 1 unspecified atom stereocenters. The van der Waals surface area contributed by atoms with E-state index in [1.165, 1.54) is 31.4 Å². The van der Waals surface area contributed by atoms with Gasteiger partial charge in [-0.15, -0.1) is 0 Å². The van der Waals surface area contributed by atoms with Crippen LogP contribution < -0.4 is 5.32 Å². The molecule has 0 aromatic heterocycles. The molecule has 0 aliphatic heterocycles. The van der Waals surface area contributed by atoms with E-state index in [2.05, 4.69) is 5.32 Å². The molecule has 0 aliphatic rings. The monoisotopic (exact) mass is 294 g/mol. The summed E-state index contributed by atoms with van der Waals surface area (Å²) in [6.07, 6.45) is 3.18. The summed E-state index contributed by atoms with van der Waals surface area (Å²) in [5.41, 5.74) is 0.528.